The van der Waals surface area contributed by atoms with E-state index in [4.69, 9.17) is 5.11 Å². The van der Waals surface area contributed by atoms with Crippen LogP contribution in [-0.4, -0.2) is 44.5 Å². The smallest absolute Gasteiger partial charge is 0.303 e. The molecule has 1 aliphatic heterocycles. The van der Waals surface area contributed by atoms with E-state index in [9.17, 15) is 9.59 Å². The van der Waals surface area contributed by atoms with Gasteiger partial charge < -0.3 is 14.6 Å². The molecule has 0 bridgehead atoms. The first-order valence-electron chi connectivity index (χ1n) is 7.03. The van der Waals surface area contributed by atoms with Gasteiger partial charge in [0.1, 0.15) is 5.82 Å². The average molecular weight is 279 g/mol. The van der Waals surface area contributed by atoms with Gasteiger partial charge in [-0.25, -0.2) is 4.98 Å². The molecular formula is C14H21N3O3. The molecule has 0 radical (unpaired) electrons. The van der Waals surface area contributed by atoms with E-state index in [2.05, 4.69) is 9.55 Å². The summed E-state index contributed by atoms with van der Waals surface area (Å²) in [7, 11) is 0. The summed E-state index contributed by atoms with van der Waals surface area (Å²) in [5.41, 5.74) is 0. The van der Waals surface area contributed by atoms with Crippen molar-refractivity contribution in [1.82, 2.24) is 14.5 Å². The van der Waals surface area contributed by atoms with Gasteiger partial charge in [-0.05, 0) is 25.7 Å². The number of imidazole rings is 1. The van der Waals surface area contributed by atoms with Crippen molar-refractivity contribution in [3.8, 4) is 0 Å². The predicted molar refractivity (Wildman–Crippen MR) is 73.1 cm³/mol. The van der Waals surface area contributed by atoms with E-state index in [0.29, 0.717) is 5.92 Å². The number of carbonyl (C=O) groups excluding carboxylic acids is 1. The highest BCUT2D eigenvalue weighted by Crippen LogP contribution is 2.19. The van der Waals surface area contributed by atoms with Crippen LogP contribution in [0.5, 0.6) is 0 Å². The van der Waals surface area contributed by atoms with Crippen molar-refractivity contribution >= 4 is 11.9 Å². The molecular weight excluding hydrogens is 258 g/mol. The third-order valence-electron chi connectivity index (χ3n) is 3.80. The van der Waals surface area contributed by atoms with E-state index >= 15 is 0 Å². The summed E-state index contributed by atoms with van der Waals surface area (Å²) >= 11 is 0. The number of carbonyl (C=O) groups is 2. The molecule has 2 heterocycles. The van der Waals surface area contributed by atoms with E-state index in [1.807, 2.05) is 18.0 Å². The molecule has 2 rings (SSSR count). The summed E-state index contributed by atoms with van der Waals surface area (Å²) in [6.07, 6.45) is 5.85. The number of carboxylic acid groups (broad SMARTS) is 1. The Bertz CT molecular complexity index is 484. The fraction of sp³-hybridized carbons (Fsp3) is 0.643. The van der Waals surface area contributed by atoms with Gasteiger partial charge in [-0.3, -0.25) is 9.59 Å². The number of aromatic nitrogens is 2. The molecule has 1 aromatic rings. The van der Waals surface area contributed by atoms with Gasteiger partial charge in [-0.15, -0.1) is 0 Å². The van der Waals surface area contributed by atoms with E-state index in [1.165, 1.54) is 0 Å². The number of nitrogens with zero attached hydrogens (tertiary/aromatic N) is 3. The maximum Gasteiger partial charge on any atom is 0.303 e. The highest BCUT2D eigenvalue weighted by atomic mass is 16.4. The van der Waals surface area contributed by atoms with Gasteiger partial charge in [0.25, 0.3) is 0 Å². The minimum Gasteiger partial charge on any atom is -0.481 e. The van der Waals surface area contributed by atoms with E-state index in [-0.39, 0.29) is 18.7 Å². The number of carboxylic acids is 1. The van der Waals surface area contributed by atoms with Crippen molar-refractivity contribution in [2.45, 2.75) is 39.2 Å². The summed E-state index contributed by atoms with van der Waals surface area (Å²) in [4.78, 5) is 28.5. The molecule has 1 aliphatic rings. The van der Waals surface area contributed by atoms with Crippen molar-refractivity contribution in [2.75, 3.05) is 13.1 Å². The zero-order chi connectivity index (χ0) is 14.5. The molecule has 1 amide bonds. The molecule has 1 N–H and O–H groups in total. The van der Waals surface area contributed by atoms with Crippen molar-refractivity contribution in [3.63, 3.8) is 0 Å². The highest BCUT2D eigenvalue weighted by molar-refractivity contribution is 5.80. The molecule has 0 spiro atoms. The van der Waals surface area contributed by atoms with Crippen molar-refractivity contribution in [3.05, 3.63) is 18.2 Å². The van der Waals surface area contributed by atoms with Crippen LogP contribution in [0.15, 0.2) is 12.4 Å². The van der Waals surface area contributed by atoms with Gasteiger partial charge in [0.2, 0.25) is 5.91 Å². The lowest BCUT2D eigenvalue weighted by atomic mass is 9.97. The van der Waals surface area contributed by atoms with Crippen LogP contribution >= 0.6 is 0 Å². The standard InChI is InChI=1S/C14H21N3O3/c1-11-15-6-8-16(11)9-12-3-2-7-17(10-12)13(18)4-5-14(19)20/h6,8,12H,2-5,7,9-10H2,1H3,(H,19,20)/t12-/m0/s1. The average Bonchev–Trinajstić information content (AvgIpc) is 2.82. The number of likely N-dealkylation sites (tertiary alicyclic amines) is 1. The number of amides is 1. The number of aryl methyl sites for hydroxylation is 1. The summed E-state index contributed by atoms with van der Waals surface area (Å²) in [6, 6.07) is 0. The molecule has 1 fully saturated rings. The molecule has 1 atom stereocenters. The van der Waals surface area contributed by atoms with E-state index in [1.54, 1.807) is 6.20 Å². The molecule has 6 nitrogen and oxygen atoms in total. The second kappa shape index (κ2) is 6.54. The van der Waals surface area contributed by atoms with Gasteiger partial charge >= 0.3 is 5.97 Å². The van der Waals surface area contributed by atoms with Gasteiger partial charge in [-0.2, -0.15) is 0 Å². The first-order chi connectivity index (χ1) is 9.56. The Labute approximate surface area is 118 Å². The second-order valence-electron chi connectivity index (χ2n) is 5.37. The third kappa shape index (κ3) is 3.82. The topological polar surface area (TPSA) is 75.4 Å². The van der Waals surface area contributed by atoms with Gasteiger partial charge in [-0.1, -0.05) is 0 Å². The van der Waals surface area contributed by atoms with Crippen LogP contribution < -0.4 is 0 Å². The number of rotatable bonds is 5. The Balaban J connectivity index is 1.86. The van der Waals surface area contributed by atoms with E-state index < -0.39 is 5.97 Å². The second-order valence-corrected chi connectivity index (χ2v) is 5.37. The van der Waals surface area contributed by atoms with Crippen LogP contribution in [0.3, 0.4) is 0 Å². The summed E-state index contributed by atoms with van der Waals surface area (Å²) in [6.45, 7) is 4.31. The van der Waals surface area contributed by atoms with Crippen LogP contribution in [-0.2, 0) is 16.1 Å². The number of hydrogen-bond donors (Lipinski definition) is 1. The Hall–Kier alpha value is -1.85. The quantitative estimate of drug-likeness (QED) is 0.881. The van der Waals surface area contributed by atoms with Crippen molar-refractivity contribution < 1.29 is 14.7 Å². The van der Waals surface area contributed by atoms with Crippen LogP contribution in [0.25, 0.3) is 0 Å². The molecule has 0 aromatic carbocycles. The lowest BCUT2D eigenvalue weighted by Gasteiger charge is -2.33. The Morgan fingerprint density at radius 1 is 1.45 bits per heavy atom. The van der Waals surface area contributed by atoms with E-state index in [0.717, 1.165) is 38.3 Å². The Morgan fingerprint density at radius 2 is 2.25 bits per heavy atom. The fourth-order valence-corrected chi connectivity index (χ4v) is 2.69. The lowest BCUT2D eigenvalue weighted by molar-refractivity contribution is -0.141. The maximum absolute atomic E-state index is 12.0. The molecule has 0 saturated carbocycles. The number of hydrogen-bond acceptors (Lipinski definition) is 3. The minimum atomic E-state index is -0.916. The summed E-state index contributed by atoms with van der Waals surface area (Å²) < 4.78 is 2.11. The lowest BCUT2D eigenvalue weighted by Crippen LogP contribution is -2.41. The summed E-state index contributed by atoms with van der Waals surface area (Å²) in [5.74, 6) is 0.449. The van der Waals surface area contributed by atoms with Gasteiger partial charge in [0, 0.05) is 38.4 Å². The van der Waals surface area contributed by atoms with Crippen LogP contribution in [0.4, 0.5) is 0 Å². The SMILES string of the molecule is Cc1nccn1C[C@@H]1CCCN(C(=O)CCC(=O)O)C1. The molecule has 20 heavy (non-hydrogen) atoms. The zero-order valence-corrected chi connectivity index (χ0v) is 11.8. The predicted octanol–water partition coefficient (Wildman–Crippen LogP) is 1.29. The molecule has 110 valence electrons. The van der Waals surface area contributed by atoms with Crippen LogP contribution in [0.1, 0.15) is 31.5 Å². The first kappa shape index (κ1) is 14.6. The minimum absolute atomic E-state index is 0.0422. The number of piperidine rings is 1. The van der Waals surface area contributed by atoms with Gasteiger partial charge in [0.05, 0.1) is 6.42 Å². The van der Waals surface area contributed by atoms with Crippen molar-refractivity contribution in [1.29, 1.82) is 0 Å². The first-order valence-corrected chi connectivity index (χ1v) is 7.03. The normalized spacial score (nSPS) is 19.1. The zero-order valence-electron chi connectivity index (χ0n) is 11.8. The summed E-state index contributed by atoms with van der Waals surface area (Å²) in [5, 5.41) is 8.63. The fourth-order valence-electron chi connectivity index (χ4n) is 2.69. The maximum atomic E-state index is 12.0. The number of aliphatic carboxylic acids is 1. The molecule has 0 unspecified atom stereocenters. The monoisotopic (exact) mass is 279 g/mol. The molecule has 1 saturated heterocycles. The third-order valence-corrected chi connectivity index (χ3v) is 3.80. The molecule has 0 aliphatic carbocycles. The Morgan fingerprint density at radius 3 is 2.90 bits per heavy atom. The largest absolute Gasteiger partial charge is 0.481 e. The van der Waals surface area contributed by atoms with Crippen LogP contribution in [0, 0.1) is 12.8 Å². The Kier molecular flexibility index (Phi) is 4.76. The van der Waals surface area contributed by atoms with Gasteiger partial charge in [0.15, 0.2) is 0 Å². The molecule has 1 aromatic heterocycles. The van der Waals surface area contributed by atoms with Crippen molar-refractivity contribution in [2.24, 2.45) is 5.92 Å². The van der Waals surface area contributed by atoms with Crippen LogP contribution in [0.2, 0.25) is 0 Å². The molecule has 6 heteroatoms. The highest BCUT2D eigenvalue weighted by Gasteiger charge is 2.24.